The van der Waals surface area contributed by atoms with Crippen LogP contribution in [0.15, 0.2) is 18.5 Å². The van der Waals surface area contributed by atoms with Crippen LogP contribution in [-0.2, 0) is 0 Å². The van der Waals surface area contributed by atoms with Crippen LogP contribution in [0.5, 0.6) is 0 Å². The van der Waals surface area contributed by atoms with Gasteiger partial charge in [-0.2, -0.15) is 0 Å². The molecule has 2 rings (SSSR count). The molecule has 0 amide bonds. The van der Waals surface area contributed by atoms with Crippen LogP contribution in [0.25, 0.3) is 0 Å². The van der Waals surface area contributed by atoms with Gasteiger partial charge < -0.3 is 5.73 Å². The first kappa shape index (κ1) is 9.42. The van der Waals surface area contributed by atoms with Crippen molar-refractivity contribution in [2.45, 2.75) is 18.4 Å². The lowest BCUT2D eigenvalue weighted by molar-refractivity contribution is 0.618. The minimum absolute atomic E-state index is 0. The van der Waals surface area contributed by atoms with Gasteiger partial charge in [0.15, 0.2) is 0 Å². The van der Waals surface area contributed by atoms with Crippen LogP contribution in [0, 0.1) is 5.82 Å². The van der Waals surface area contributed by atoms with E-state index in [2.05, 4.69) is 4.98 Å². The van der Waals surface area contributed by atoms with Crippen LogP contribution >= 0.6 is 12.4 Å². The third-order valence-electron chi connectivity index (χ3n) is 1.99. The molecule has 1 fully saturated rings. The van der Waals surface area contributed by atoms with E-state index in [4.69, 9.17) is 5.73 Å². The van der Waals surface area contributed by atoms with Crippen molar-refractivity contribution in [3.8, 4) is 0 Å². The van der Waals surface area contributed by atoms with Crippen LogP contribution < -0.4 is 5.73 Å². The average Bonchev–Trinajstić information content (AvgIpc) is 2.67. The van der Waals surface area contributed by atoms with E-state index in [0.29, 0.717) is 5.92 Å². The predicted octanol–water partition coefficient (Wildman–Crippen LogP) is 1.46. The number of hydrogen-bond donors (Lipinski definition) is 1. The molecule has 66 valence electrons. The third-order valence-corrected chi connectivity index (χ3v) is 1.99. The first-order valence-electron chi connectivity index (χ1n) is 3.63. The summed E-state index contributed by atoms with van der Waals surface area (Å²) in [4.78, 5) is 3.75. The molecule has 0 bridgehead atoms. The zero-order chi connectivity index (χ0) is 7.84. The van der Waals surface area contributed by atoms with Gasteiger partial charge in [-0.1, -0.05) is 0 Å². The monoisotopic (exact) mass is 188 g/mol. The molecular formula is C8H10ClFN2. The zero-order valence-corrected chi connectivity index (χ0v) is 7.22. The maximum atomic E-state index is 12.6. The summed E-state index contributed by atoms with van der Waals surface area (Å²) in [6.45, 7) is 0. The lowest BCUT2D eigenvalue weighted by Crippen LogP contribution is -2.01. The summed E-state index contributed by atoms with van der Waals surface area (Å²) >= 11 is 0. The summed E-state index contributed by atoms with van der Waals surface area (Å²) in [7, 11) is 0. The Balaban J connectivity index is 0.000000720. The van der Waals surface area contributed by atoms with Gasteiger partial charge in [0.1, 0.15) is 5.82 Å². The van der Waals surface area contributed by atoms with Gasteiger partial charge >= 0.3 is 0 Å². The Bertz CT molecular complexity index is 280. The van der Waals surface area contributed by atoms with Gasteiger partial charge in [0.05, 0.1) is 6.20 Å². The van der Waals surface area contributed by atoms with E-state index in [9.17, 15) is 4.39 Å². The second-order valence-corrected chi connectivity index (χ2v) is 2.94. The smallest absolute Gasteiger partial charge is 0.141 e. The van der Waals surface area contributed by atoms with E-state index in [1.807, 2.05) is 0 Å². The number of hydrogen-bond acceptors (Lipinski definition) is 2. The van der Waals surface area contributed by atoms with Gasteiger partial charge in [0.2, 0.25) is 0 Å². The van der Waals surface area contributed by atoms with Crippen molar-refractivity contribution in [2.75, 3.05) is 0 Å². The fraction of sp³-hybridized carbons (Fsp3) is 0.375. The highest BCUT2D eigenvalue weighted by atomic mass is 35.5. The SMILES string of the molecule is Cl.N[C@@H]1CC1c1cncc(F)c1. The van der Waals surface area contributed by atoms with Crippen LogP contribution in [0.4, 0.5) is 4.39 Å². The minimum Gasteiger partial charge on any atom is -0.327 e. The van der Waals surface area contributed by atoms with Gasteiger partial charge in [-0.05, 0) is 18.1 Å². The Morgan fingerprint density at radius 1 is 1.50 bits per heavy atom. The summed E-state index contributed by atoms with van der Waals surface area (Å²) in [5.74, 6) is 0.0693. The van der Waals surface area contributed by atoms with Crippen molar-refractivity contribution in [1.82, 2.24) is 4.98 Å². The van der Waals surface area contributed by atoms with Crippen molar-refractivity contribution >= 4 is 12.4 Å². The van der Waals surface area contributed by atoms with Crippen LogP contribution in [0.3, 0.4) is 0 Å². The van der Waals surface area contributed by atoms with E-state index in [0.717, 1.165) is 12.0 Å². The van der Waals surface area contributed by atoms with E-state index in [-0.39, 0.29) is 24.3 Å². The van der Waals surface area contributed by atoms with Crippen molar-refractivity contribution in [1.29, 1.82) is 0 Å². The number of pyridine rings is 1. The van der Waals surface area contributed by atoms with E-state index >= 15 is 0 Å². The Labute approximate surface area is 76.4 Å². The standard InChI is InChI=1S/C8H9FN2.ClH/c9-6-1-5(3-11-4-6)7-2-8(7)10;/h1,3-4,7-8H,2,10H2;1H/t7?,8-;/m1./s1. The number of nitrogens with two attached hydrogens (primary N) is 1. The third kappa shape index (κ3) is 1.73. The molecule has 1 unspecified atom stereocenters. The Morgan fingerprint density at radius 2 is 2.17 bits per heavy atom. The van der Waals surface area contributed by atoms with Crippen LogP contribution in [0.1, 0.15) is 17.9 Å². The number of aromatic nitrogens is 1. The number of halogens is 2. The fourth-order valence-corrected chi connectivity index (χ4v) is 1.23. The van der Waals surface area contributed by atoms with Gasteiger partial charge in [-0.15, -0.1) is 12.4 Å². The molecule has 12 heavy (non-hydrogen) atoms. The maximum Gasteiger partial charge on any atom is 0.141 e. The van der Waals surface area contributed by atoms with E-state index in [1.165, 1.54) is 12.3 Å². The molecule has 0 aromatic carbocycles. The van der Waals surface area contributed by atoms with Crippen molar-refractivity contribution in [3.63, 3.8) is 0 Å². The van der Waals surface area contributed by atoms with Crippen LogP contribution in [-0.4, -0.2) is 11.0 Å². The predicted molar refractivity (Wildman–Crippen MR) is 46.8 cm³/mol. The Hall–Kier alpha value is -0.670. The normalized spacial score (nSPS) is 26.2. The number of rotatable bonds is 1. The minimum atomic E-state index is -0.276. The molecule has 0 aliphatic heterocycles. The number of nitrogens with zero attached hydrogens (tertiary/aromatic N) is 1. The van der Waals surface area contributed by atoms with Crippen LogP contribution in [0.2, 0.25) is 0 Å². The molecule has 1 saturated carbocycles. The van der Waals surface area contributed by atoms with Gasteiger partial charge in [0.25, 0.3) is 0 Å². The summed E-state index contributed by atoms with van der Waals surface area (Å²) in [5.41, 5.74) is 6.53. The topological polar surface area (TPSA) is 38.9 Å². The summed E-state index contributed by atoms with van der Waals surface area (Å²) in [6, 6.07) is 1.73. The molecule has 1 heterocycles. The van der Waals surface area contributed by atoms with Gasteiger partial charge in [-0.25, -0.2) is 4.39 Å². The maximum absolute atomic E-state index is 12.6. The summed E-state index contributed by atoms with van der Waals surface area (Å²) in [5, 5.41) is 0. The second-order valence-electron chi connectivity index (χ2n) is 2.94. The Kier molecular flexibility index (Phi) is 2.65. The highest BCUT2D eigenvalue weighted by Crippen LogP contribution is 2.38. The first-order chi connectivity index (χ1) is 5.27. The molecule has 2 N–H and O–H groups in total. The second kappa shape index (κ2) is 3.37. The lowest BCUT2D eigenvalue weighted by atomic mass is 10.2. The van der Waals surface area contributed by atoms with Crippen molar-refractivity contribution in [2.24, 2.45) is 5.73 Å². The largest absolute Gasteiger partial charge is 0.327 e. The van der Waals surface area contributed by atoms with Gasteiger partial charge in [0, 0.05) is 18.2 Å². The molecule has 2 atom stereocenters. The average molecular weight is 189 g/mol. The molecule has 4 heteroatoms. The highest BCUT2D eigenvalue weighted by Gasteiger charge is 2.35. The van der Waals surface area contributed by atoms with E-state index in [1.54, 1.807) is 6.20 Å². The Morgan fingerprint density at radius 3 is 2.67 bits per heavy atom. The molecule has 0 saturated heterocycles. The molecule has 1 aromatic heterocycles. The molecule has 1 aliphatic rings. The first-order valence-corrected chi connectivity index (χ1v) is 3.63. The van der Waals surface area contributed by atoms with Crippen molar-refractivity contribution < 1.29 is 4.39 Å². The fourth-order valence-electron chi connectivity index (χ4n) is 1.23. The van der Waals surface area contributed by atoms with Gasteiger partial charge in [-0.3, -0.25) is 4.98 Å². The molecule has 0 radical (unpaired) electrons. The molecular weight excluding hydrogens is 179 g/mol. The lowest BCUT2D eigenvalue weighted by Gasteiger charge is -1.95. The van der Waals surface area contributed by atoms with Crippen molar-refractivity contribution in [3.05, 3.63) is 29.8 Å². The van der Waals surface area contributed by atoms with E-state index < -0.39 is 0 Å². The summed E-state index contributed by atoms with van der Waals surface area (Å²) in [6.07, 6.45) is 3.85. The highest BCUT2D eigenvalue weighted by molar-refractivity contribution is 5.85. The summed E-state index contributed by atoms with van der Waals surface area (Å²) < 4.78 is 12.6. The quantitative estimate of drug-likeness (QED) is 0.725. The molecule has 2 nitrogen and oxygen atoms in total. The molecule has 1 aromatic rings. The molecule has 1 aliphatic carbocycles. The molecule has 0 spiro atoms. The zero-order valence-electron chi connectivity index (χ0n) is 6.40.